The molecule has 2 bridgehead atoms. The number of methoxy groups -OCH3 is 2. The van der Waals surface area contributed by atoms with Gasteiger partial charge in [-0.1, -0.05) is 12.2 Å². The van der Waals surface area contributed by atoms with Gasteiger partial charge in [0, 0.05) is 24.9 Å². The molecule has 5 heteroatoms. The van der Waals surface area contributed by atoms with Crippen molar-refractivity contribution in [1.29, 1.82) is 0 Å². The molecule has 0 N–H and O–H groups in total. The number of rotatable bonds is 3. The summed E-state index contributed by atoms with van der Waals surface area (Å²) in [7, 11) is 3.32. The fourth-order valence-corrected chi connectivity index (χ4v) is 5.22. The lowest BCUT2D eigenvalue weighted by molar-refractivity contribution is -0.129. The Labute approximate surface area is 174 Å². The number of carbonyl (C=O) groups is 1. The number of carbonyl (C=O) groups excluding carboxylic acids is 1. The van der Waals surface area contributed by atoms with E-state index < -0.39 is 0 Å². The Morgan fingerprint density at radius 1 is 1.14 bits per heavy atom. The molecule has 1 aliphatic carbocycles. The molecule has 156 valence electrons. The van der Waals surface area contributed by atoms with Crippen molar-refractivity contribution in [3.8, 4) is 11.5 Å². The normalized spacial score (nSPS) is 29.6. The molecule has 1 amide bonds. The minimum atomic E-state index is 0.178. The number of hydrogen-bond donors (Lipinski definition) is 0. The number of benzene rings is 1. The van der Waals surface area contributed by atoms with E-state index in [-0.39, 0.29) is 5.91 Å². The van der Waals surface area contributed by atoms with Crippen LogP contribution in [-0.4, -0.2) is 44.7 Å². The van der Waals surface area contributed by atoms with Crippen LogP contribution < -0.4 is 14.4 Å². The molecule has 3 aliphatic rings. The summed E-state index contributed by atoms with van der Waals surface area (Å²) in [5, 5.41) is 0. The second kappa shape index (κ2) is 8.13. The molecule has 2 fully saturated rings. The van der Waals surface area contributed by atoms with Crippen molar-refractivity contribution in [3.05, 3.63) is 42.1 Å². The minimum Gasteiger partial charge on any atom is -0.497 e. The Morgan fingerprint density at radius 3 is 2.69 bits per heavy atom. The largest absolute Gasteiger partial charge is 0.497 e. The lowest BCUT2D eigenvalue weighted by atomic mass is 9.56. The maximum Gasteiger partial charge on any atom is 0.242 e. The zero-order valence-electron chi connectivity index (χ0n) is 17.8. The van der Waals surface area contributed by atoms with E-state index >= 15 is 0 Å². The van der Waals surface area contributed by atoms with Crippen molar-refractivity contribution in [2.45, 2.75) is 39.0 Å². The highest BCUT2D eigenvalue weighted by Crippen LogP contribution is 2.54. The Morgan fingerprint density at radius 2 is 2.00 bits per heavy atom. The second-order valence-electron chi connectivity index (χ2n) is 8.44. The third-order valence-electron chi connectivity index (χ3n) is 7.15. The quantitative estimate of drug-likeness (QED) is 0.760. The van der Waals surface area contributed by atoms with Gasteiger partial charge in [0.1, 0.15) is 18.0 Å². The van der Waals surface area contributed by atoms with Crippen LogP contribution in [0.15, 0.2) is 42.1 Å². The number of ether oxygens (including phenoxy) is 2. The molecule has 0 aromatic heterocycles. The van der Waals surface area contributed by atoms with Crippen LogP contribution in [0.25, 0.3) is 0 Å². The fraction of sp³-hybridized carbons (Fsp3) is 0.542. The molecule has 1 saturated heterocycles. The van der Waals surface area contributed by atoms with E-state index in [4.69, 9.17) is 9.47 Å². The predicted octanol–water partition coefficient (Wildman–Crippen LogP) is 4.39. The van der Waals surface area contributed by atoms with E-state index in [9.17, 15) is 4.79 Å². The van der Waals surface area contributed by atoms with Crippen LogP contribution in [0.1, 0.15) is 39.0 Å². The van der Waals surface area contributed by atoms with Crippen LogP contribution in [0.3, 0.4) is 0 Å². The maximum atomic E-state index is 13.3. The Bertz CT molecular complexity index is 831. The van der Waals surface area contributed by atoms with Crippen molar-refractivity contribution >= 4 is 11.6 Å². The first-order valence-electron chi connectivity index (χ1n) is 10.7. The molecule has 1 aromatic rings. The van der Waals surface area contributed by atoms with Crippen LogP contribution in [-0.2, 0) is 4.79 Å². The molecule has 0 radical (unpaired) electrons. The van der Waals surface area contributed by atoms with Gasteiger partial charge in [0.25, 0.3) is 0 Å². The summed E-state index contributed by atoms with van der Waals surface area (Å²) in [6.45, 7) is 4.06. The van der Waals surface area contributed by atoms with E-state index in [2.05, 4.69) is 28.0 Å². The molecule has 2 aliphatic heterocycles. The number of fused-ring (bicyclic) bond motifs is 2. The summed E-state index contributed by atoms with van der Waals surface area (Å²) >= 11 is 0. The summed E-state index contributed by atoms with van der Waals surface area (Å²) < 4.78 is 11.1. The van der Waals surface area contributed by atoms with Gasteiger partial charge in [-0.2, -0.15) is 0 Å². The first kappa shape index (κ1) is 19.9. The molecule has 2 atom stereocenters. The van der Waals surface area contributed by atoms with Crippen molar-refractivity contribution < 1.29 is 14.3 Å². The number of allylic oxidation sites excluding steroid dienone is 3. The Balaban J connectivity index is 1.78. The van der Waals surface area contributed by atoms with Gasteiger partial charge in [-0.15, -0.1) is 0 Å². The highest BCUT2D eigenvalue weighted by atomic mass is 16.5. The van der Waals surface area contributed by atoms with Gasteiger partial charge < -0.3 is 19.3 Å². The van der Waals surface area contributed by atoms with Crippen LogP contribution in [0.5, 0.6) is 11.5 Å². The standard InChI is InChI=1S/C24H32N2O3/c1-4-19-7-6-18-10-12-24(18)11-5-14-25(15-13-24)23(27)17-26(19)21-16-20(28-2)8-9-22(21)29-3/h4,6-9,16,18H,5,10-15,17H2,1-3H3/b7-6-,19-4+. The molecule has 4 rings (SSSR count). The predicted molar refractivity (Wildman–Crippen MR) is 115 cm³/mol. The Hall–Kier alpha value is -2.43. The van der Waals surface area contributed by atoms with Gasteiger partial charge in [-0.05, 0) is 68.6 Å². The molecule has 2 heterocycles. The van der Waals surface area contributed by atoms with Gasteiger partial charge in [0.05, 0.1) is 19.9 Å². The molecule has 1 saturated carbocycles. The monoisotopic (exact) mass is 396 g/mol. The molecule has 1 aromatic carbocycles. The number of hydrogen-bond acceptors (Lipinski definition) is 4. The maximum absolute atomic E-state index is 13.3. The van der Waals surface area contributed by atoms with Crippen LogP contribution in [0.4, 0.5) is 5.69 Å². The van der Waals surface area contributed by atoms with Gasteiger partial charge in [-0.25, -0.2) is 0 Å². The van der Waals surface area contributed by atoms with Crippen molar-refractivity contribution in [1.82, 2.24) is 4.90 Å². The lowest BCUT2D eigenvalue weighted by Gasteiger charge is -2.48. The van der Waals surface area contributed by atoms with E-state index in [1.807, 2.05) is 25.1 Å². The Kier molecular flexibility index (Phi) is 5.57. The summed E-state index contributed by atoms with van der Waals surface area (Å²) in [4.78, 5) is 17.5. The lowest BCUT2D eigenvalue weighted by Crippen LogP contribution is -2.42. The average molecular weight is 397 g/mol. The summed E-state index contributed by atoms with van der Waals surface area (Å²) in [5.41, 5.74) is 2.27. The SMILES string of the molecule is C/C=C1\C=C/C2CCC23CCCN(CC3)C(=O)CN1c1cc(OC)ccc1OC. The highest BCUT2D eigenvalue weighted by molar-refractivity contribution is 5.84. The first-order valence-corrected chi connectivity index (χ1v) is 10.7. The van der Waals surface area contributed by atoms with Crippen molar-refractivity contribution in [3.63, 3.8) is 0 Å². The number of anilines is 1. The smallest absolute Gasteiger partial charge is 0.242 e. The summed E-state index contributed by atoms with van der Waals surface area (Å²) in [6.07, 6.45) is 12.7. The third kappa shape index (κ3) is 3.63. The molecule has 2 unspecified atom stereocenters. The van der Waals surface area contributed by atoms with E-state index in [1.54, 1.807) is 14.2 Å². The van der Waals surface area contributed by atoms with Crippen LogP contribution >= 0.6 is 0 Å². The second-order valence-corrected chi connectivity index (χ2v) is 8.44. The van der Waals surface area contributed by atoms with E-state index in [0.717, 1.165) is 48.8 Å². The van der Waals surface area contributed by atoms with E-state index in [0.29, 0.717) is 17.9 Å². The van der Waals surface area contributed by atoms with Gasteiger partial charge >= 0.3 is 0 Å². The molecule has 29 heavy (non-hydrogen) atoms. The molecular weight excluding hydrogens is 364 g/mol. The van der Waals surface area contributed by atoms with Crippen LogP contribution in [0, 0.1) is 11.3 Å². The zero-order valence-corrected chi connectivity index (χ0v) is 17.8. The van der Waals surface area contributed by atoms with Crippen molar-refractivity contribution in [2.75, 3.05) is 38.8 Å². The fourth-order valence-electron chi connectivity index (χ4n) is 5.22. The average Bonchev–Trinajstić information content (AvgIpc) is 2.99. The van der Waals surface area contributed by atoms with Gasteiger partial charge in [0.2, 0.25) is 5.91 Å². The number of amides is 1. The summed E-state index contributed by atoms with van der Waals surface area (Å²) in [6, 6.07) is 5.74. The summed E-state index contributed by atoms with van der Waals surface area (Å²) in [5.74, 6) is 2.27. The van der Waals surface area contributed by atoms with Gasteiger partial charge in [0.15, 0.2) is 0 Å². The zero-order chi connectivity index (χ0) is 20.4. The highest BCUT2D eigenvalue weighted by Gasteiger charge is 2.46. The van der Waals surface area contributed by atoms with E-state index in [1.165, 1.54) is 19.3 Å². The van der Waals surface area contributed by atoms with Crippen molar-refractivity contribution in [2.24, 2.45) is 11.3 Å². The molecule has 5 nitrogen and oxygen atoms in total. The molecule has 1 spiro atoms. The van der Waals surface area contributed by atoms with Gasteiger partial charge in [-0.3, -0.25) is 4.79 Å². The third-order valence-corrected chi connectivity index (χ3v) is 7.15. The molecular formula is C24H32N2O3. The minimum absolute atomic E-state index is 0.178. The van der Waals surface area contributed by atoms with Crippen LogP contribution in [0.2, 0.25) is 0 Å². The topological polar surface area (TPSA) is 42.0 Å². The first-order chi connectivity index (χ1) is 14.1. The number of nitrogens with zero attached hydrogens (tertiary/aromatic N) is 2.